The molecule has 0 N–H and O–H groups in total. The zero-order valence-corrected chi connectivity index (χ0v) is 11.1. The van der Waals surface area contributed by atoms with Crippen molar-refractivity contribution in [2.24, 2.45) is 0 Å². The van der Waals surface area contributed by atoms with Crippen LogP contribution >= 0.6 is 0 Å². The molecule has 0 unspecified atom stereocenters. The summed E-state index contributed by atoms with van der Waals surface area (Å²) >= 11 is 0. The van der Waals surface area contributed by atoms with Crippen LogP contribution in [0.5, 0.6) is 0 Å². The molecule has 100 valence electrons. The van der Waals surface area contributed by atoms with Gasteiger partial charge in [-0.15, -0.1) is 0 Å². The molecule has 0 atom stereocenters. The summed E-state index contributed by atoms with van der Waals surface area (Å²) in [5, 5.41) is 9.64. The van der Waals surface area contributed by atoms with Gasteiger partial charge in [0, 0.05) is 5.39 Å². The highest BCUT2D eigenvalue weighted by molar-refractivity contribution is 6.06. The third-order valence-corrected chi connectivity index (χ3v) is 3.14. The number of benzene rings is 2. The zero-order chi connectivity index (χ0) is 14.7. The van der Waals surface area contributed by atoms with Crippen LogP contribution in [0.25, 0.3) is 17.0 Å². The van der Waals surface area contributed by atoms with Crippen molar-refractivity contribution >= 4 is 22.8 Å². The van der Waals surface area contributed by atoms with E-state index in [0.717, 1.165) is 10.9 Å². The van der Waals surface area contributed by atoms with Gasteiger partial charge >= 0.3 is 0 Å². The minimum Gasteiger partial charge on any atom is -0.453 e. The minimum absolute atomic E-state index is 0.185. The fourth-order valence-electron chi connectivity index (χ4n) is 2.03. The van der Waals surface area contributed by atoms with Gasteiger partial charge in [0.1, 0.15) is 5.58 Å². The molecule has 3 aromatic rings. The molecular weight excluding hydrogens is 262 g/mol. The number of hydrogen-bond acceptors (Lipinski definition) is 3. The van der Waals surface area contributed by atoms with E-state index in [1.807, 2.05) is 24.3 Å². The Morgan fingerprint density at radius 2 is 1.86 bits per heavy atom. The summed E-state index contributed by atoms with van der Waals surface area (Å²) in [5.74, 6) is 0.136. The number of para-hydroxylation sites is 1. The van der Waals surface area contributed by atoms with Crippen LogP contribution < -0.4 is 0 Å². The summed E-state index contributed by atoms with van der Waals surface area (Å²) in [6.45, 7) is 0. The highest BCUT2D eigenvalue weighted by Gasteiger charge is 2.08. The first kappa shape index (κ1) is 12.9. The maximum atomic E-state index is 12.1. The minimum atomic E-state index is -0.185. The third kappa shape index (κ3) is 2.75. The Kier molecular flexibility index (Phi) is 3.36. The first-order chi connectivity index (χ1) is 10.3. The van der Waals surface area contributed by atoms with Crippen molar-refractivity contribution < 1.29 is 9.21 Å². The molecule has 21 heavy (non-hydrogen) atoms. The standard InChI is InChI=1S/C18H11NO2/c19-12-14-7-5-13(6-8-14)9-10-16(20)18-11-15-3-1-2-4-17(15)21-18/h1-11H/b10-9+. The van der Waals surface area contributed by atoms with Gasteiger partial charge in [-0.05, 0) is 35.9 Å². The molecule has 0 aliphatic heterocycles. The Labute approximate surface area is 121 Å². The number of rotatable bonds is 3. The lowest BCUT2D eigenvalue weighted by Gasteiger charge is -1.93. The Morgan fingerprint density at radius 3 is 2.57 bits per heavy atom. The Hall–Kier alpha value is -3.12. The van der Waals surface area contributed by atoms with Crippen LogP contribution in [0.15, 0.2) is 65.1 Å². The van der Waals surface area contributed by atoms with Crippen molar-refractivity contribution in [3.63, 3.8) is 0 Å². The largest absolute Gasteiger partial charge is 0.453 e. The number of carbonyl (C=O) groups is 1. The van der Waals surface area contributed by atoms with E-state index in [4.69, 9.17) is 9.68 Å². The molecule has 3 heteroatoms. The van der Waals surface area contributed by atoms with Crippen LogP contribution in [-0.4, -0.2) is 5.78 Å². The highest BCUT2D eigenvalue weighted by Crippen LogP contribution is 2.19. The summed E-state index contributed by atoms with van der Waals surface area (Å²) < 4.78 is 5.51. The second-order valence-corrected chi connectivity index (χ2v) is 4.58. The van der Waals surface area contributed by atoms with Crippen LogP contribution in [0.1, 0.15) is 21.7 Å². The van der Waals surface area contributed by atoms with Crippen molar-refractivity contribution in [1.82, 2.24) is 0 Å². The van der Waals surface area contributed by atoms with Crippen LogP contribution in [0, 0.1) is 11.3 Å². The zero-order valence-electron chi connectivity index (χ0n) is 11.1. The number of allylic oxidation sites excluding steroid dienone is 1. The van der Waals surface area contributed by atoms with Crippen molar-refractivity contribution in [1.29, 1.82) is 5.26 Å². The molecule has 3 rings (SSSR count). The lowest BCUT2D eigenvalue weighted by atomic mass is 10.1. The molecule has 0 amide bonds. The number of ketones is 1. The van der Waals surface area contributed by atoms with Gasteiger partial charge in [0.2, 0.25) is 5.78 Å². The quantitative estimate of drug-likeness (QED) is 0.531. The van der Waals surface area contributed by atoms with Crippen molar-refractivity contribution in [2.75, 3.05) is 0 Å². The average Bonchev–Trinajstić information content (AvgIpc) is 2.97. The molecule has 0 radical (unpaired) electrons. The molecule has 0 fully saturated rings. The summed E-state index contributed by atoms with van der Waals surface area (Å²) in [6, 6.07) is 18.3. The summed E-state index contributed by atoms with van der Waals surface area (Å²) in [6.07, 6.45) is 3.18. The van der Waals surface area contributed by atoms with Gasteiger partial charge < -0.3 is 4.42 Å². The smallest absolute Gasteiger partial charge is 0.221 e. The van der Waals surface area contributed by atoms with E-state index in [-0.39, 0.29) is 5.78 Å². The molecule has 0 bridgehead atoms. The summed E-state index contributed by atoms with van der Waals surface area (Å²) in [7, 11) is 0. The first-order valence-corrected chi connectivity index (χ1v) is 6.47. The average molecular weight is 273 g/mol. The number of furan rings is 1. The van der Waals surface area contributed by atoms with Crippen LogP contribution in [0.4, 0.5) is 0 Å². The van der Waals surface area contributed by atoms with E-state index in [0.29, 0.717) is 16.9 Å². The predicted octanol–water partition coefficient (Wildman–Crippen LogP) is 4.20. The lowest BCUT2D eigenvalue weighted by molar-refractivity contribution is 0.102. The Morgan fingerprint density at radius 1 is 1.10 bits per heavy atom. The monoisotopic (exact) mass is 273 g/mol. The van der Waals surface area contributed by atoms with E-state index < -0.39 is 0 Å². The van der Waals surface area contributed by atoms with Crippen LogP contribution in [0.3, 0.4) is 0 Å². The first-order valence-electron chi connectivity index (χ1n) is 6.47. The second-order valence-electron chi connectivity index (χ2n) is 4.58. The maximum Gasteiger partial charge on any atom is 0.221 e. The van der Waals surface area contributed by atoms with Gasteiger partial charge in [-0.1, -0.05) is 36.4 Å². The van der Waals surface area contributed by atoms with Crippen LogP contribution in [-0.2, 0) is 0 Å². The number of nitriles is 1. The SMILES string of the molecule is N#Cc1ccc(/C=C/C(=O)c2cc3ccccc3o2)cc1. The molecule has 0 saturated carbocycles. The van der Waals surface area contributed by atoms with Crippen molar-refractivity contribution in [3.8, 4) is 6.07 Å². The molecule has 0 aliphatic rings. The molecule has 2 aromatic carbocycles. The fraction of sp³-hybridized carbons (Fsp3) is 0. The molecule has 1 aromatic heterocycles. The second kappa shape index (κ2) is 5.48. The molecule has 1 heterocycles. The number of nitrogens with zero attached hydrogens (tertiary/aromatic N) is 1. The van der Waals surface area contributed by atoms with Gasteiger partial charge in [-0.2, -0.15) is 5.26 Å². The third-order valence-electron chi connectivity index (χ3n) is 3.14. The number of hydrogen-bond donors (Lipinski definition) is 0. The molecule has 0 spiro atoms. The van der Waals surface area contributed by atoms with E-state index in [9.17, 15) is 4.79 Å². The van der Waals surface area contributed by atoms with E-state index in [2.05, 4.69) is 6.07 Å². The topological polar surface area (TPSA) is 54.0 Å². The van der Waals surface area contributed by atoms with E-state index >= 15 is 0 Å². The molecule has 0 aliphatic carbocycles. The summed E-state index contributed by atoms with van der Waals surface area (Å²) in [5.41, 5.74) is 2.15. The Balaban J connectivity index is 1.81. The highest BCUT2D eigenvalue weighted by atomic mass is 16.3. The van der Waals surface area contributed by atoms with Crippen molar-refractivity contribution in [2.45, 2.75) is 0 Å². The predicted molar refractivity (Wildman–Crippen MR) is 80.7 cm³/mol. The van der Waals surface area contributed by atoms with E-state index in [1.165, 1.54) is 6.08 Å². The number of fused-ring (bicyclic) bond motifs is 1. The molecule has 3 nitrogen and oxygen atoms in total. The Bertz CT molecular complexity index is 831. The summed E-state index contributed by atoms with van der Waals surface area (Å²) in [4.78, 5) is 12.1. The lowest BCUT2D eigenvalue weighted by Crippen LogP contribution is -1.90. The van der Waals surface area contributed by atoms with Gasteiger partial charge in [0.05, 0.1) is 11.6 Å². The van der Waals surface area contributed by atoms with Gasteiger partial charge in [-0.3, -0.25) is 4.79 Å². The normalized spacial score (nSPS) is 10.8. The molecule has 0 saturated heterocycles. The van der Waals surface area contributed by atoms with Crippen LogP contribution in [0.2, 0.25) is 0 Å². The van der Waals surface area contributed by atoms with E-state index in [1.54, 1.807) is 36.4 Å². The number of carbonyl (C=O) groups excluding carboxylic acids is 1. The maximum absolute atomic E-state index is 12.1. The van der Waals surface area contributed by atoms with Gasteiger partial charge in [0.15, 0.2) is 5.76 Å². The fourth-order valence-corrected chi connectivity index (χ4v) is 2.03. The van der Waals surface area contributed by atoms with Gasteiger partial charge in [-0.25, -0.2) is 0 Å². The van der Waals surface area contributed by atoms with Crippen molar-refractivity contribution in [3.05, 3.63) is 77.6 Å². The molecular formula is C18H11NO2. The van der Waals surface area contributed by atoms with Gasteiger partial charge in [0.25, 0.3) is 0 Å².